The van der Waals surface area contributed by atoms with Crippen molar-refractivity contribution in [2.24, 2.45) is 0 Å². The number of fused-ring (bicyclic) bond motifs is 1. The quantitative estimate of drug-likeness (QED) is 0.701. The first-order valence-corrected chi connectivity index (χ1v) is 9.15. The molecule has 1 saturated heterocycles. The van der Waals surface area contributed by atoms with Crippen molar-refractivity contribution in [2.75, 3.05) is 19.6 Å². The van der Waals surface area contributed by atoms with Crippen LogP contribution in [0.4, 0.5) is 0 Å². The van der Waals surface area contributed by atoms with Crippen LogP contribution in [0.2, 0.25) is 0 Å². The lowest BCUT2D eigenvalue weighted by atomic mass is 9.96. The Kier molecular flexibility index (Phi) is 3.70. The summed E-state index contributed by atoms with van der Waals surface area (Å²) in [5.74, 6) is 2.13. The van der Waals surface area contributed by atoms with Gasteiger partial charge in [-0.25, -0.2) is 0 Å². The Morgan fingerprint density at radius 3 is 2.60 bits per heavy atom. The summed E-state index contributed by atoms with van der Waals surface area (Å²) in [7, 11) is 0. The van der Waals surface area contributed by atoms with Crippen LogP contribution in [0, 0.1) is 0 Å². The molecule has 1 saturated carbocycles. The molecule has 0 radical (unpaired) electrons. The molecule has 0 bridgehead atoms. The van der Waals surface area contributed by atoms with Gasteiger partial charge in [0.05, 0.1) is 18.4 Å². The van der Waals surface area contributed by atoms with Crippen LogP contribution in [0.25, 0.3) is 5.65 Å². The molecule has 0 unspecified atom stereocenters. The summed E-state index contributed by atoms with van der Waals surface area (Å²) in [6, 6.07) is 4.17. The van der Waals surface area contributed by atoms with Crippen LogP contribution in [-0.4, -0.2) is 59.3 Å². The maximum atomic E-state index is 4.82. The van der Waals surface area contributed by atoms with Crippen LogP contribution in [0.3, 0.4) is 0 Å². The molecule has 8 nitrogen and oxygen atoms in total. The molecule has 2 aliphatic rings. The highest BCUT2D eigenvalue weighted by Gasteiger charge is 2.28. The van der Waals surface area contributed by atoms with Gasteiger partial charge < -0.3 is 4.90 Å². The average molecular weight is 338 g/mol. The molecule has 0 N–H and O–H groups in total. The number of rotatable bonds is 5. The zero-order valence-electron chi connectivity index (χ0n) is 14.2. The average Bonchev–Trinajstić information content (AvgIpc) is 3.21. The molecule has 0 aromatic carbocycles. The van der Waals surface area contributed by atoms with Crippen molar-refractivity contribution in [1.82, 2.24) is 39.7 Å². The first-order chi connectivity index (χ1) is 12.4. The fourth-order valence-corrected chi connectivity index (χ4v) is 3.68. The number of hydrogen-bond donors (Lipinski definition) is 0. The summed E-state index contributed by atoms with van der Waals surface area (Å²) in [6.45, 7) is 4.07. The van der Waals surface area contributed by atoms with Gasteiger partial charge in [0, 0.05) is 24.6 Å². The first-order valence-electron chi connectivity index (χ1n) is 9.15. The molecule has 1 aliphatic heterocycles. The van der Waals surface area contributed by atoms with Crippen molar-refractivity contribution in [3.63, 3.8) is 0 Å². The normalized spacial score (nSPS) is 19.7. The van der Waals surface area contributed by atoms with Crippen molar-refractivity contribution >= 4 is 5.65 Å². The number of nitrogens with zero attached hydrogens (tertiary/aromatic N) is 8. The van der Waals surface area contributed by atoms with E-state index >= 15 is 0 Å². The molecule has 0 atom stereocenters. The lowest BCUT2D eigenvalue weighted by Crippen LogP contribution is -2.35. The second kappa shape index (κ2) is 6.18. The Balaban J connectivity index is 1.25. The predicted molar refractivity (Wildman–Crippen MR) is 91.2 cm³/mol. The van der Waals surface area contributed by atoms with E-state index in [1.165, 1.54) is 18.5 Å². The largest absolute Gasteiger partial charge is 0.301 e. The van der Waals surface area contributed by atoms with Gasteiger partial charge in [-0.1, -0.05) is 5.21 Å². The predicted octanol–water partition coefficient (Wildman–Crippen LogP) is 1.47. The van der Waals surface area contributed by atoms with E-state index in [0.29, 0.717) is 11.8 Å². The number of hydrogen-bond acceptors (Lipinski definition) is 6. The maximum absolute atomic E-state index is 4.82. The highest BCUT2D eigenvalue weighted by atomic mass is 15.4. The van der Waals surface area contributed by atoms with E-state index in [0.717, 1.165) is 50.5 Å². The van der Waals surface area contributed by atoms with Gasteiger partial charge in [0.15, 0.2) is 11.5 Å². The molecule has 5 rings (SSSR count). The number of piperidine rings is 1. The fourth-order valence-electron chi connectivity index (χ4n) is 3.68. The summed E-state index contributed by atoms with van der Waals surface area (Å²) < 4.78 is 3.88. The van der Waals surface area contributed by atoms with Gasteiger partial charge in [-0.15, -0.1) is 15.3 Å². The molecule has 4 heterocycles. The standard InChI is InChI=1S/C17H22N8/c1-2-13(1)15-3-4-16-19-20-17(25(16)21-15)14-5-8-23(9-6-14)11-12-24-10-7-18-22-24/h3-4,7,10,13-14H,1-2,5-6,8-9,11-12H2. The summed E-state index contributed by atoms with van der Waals surface area (Å²) in [4.78, 5) is 2.49. The summed E-state index contributed by atoms with van der Waals surface area (Å²) in [5.41, 5.74) is 2.06. The molecule has 8 heteroatoms. The molecular weight excluding hydrogens is 316 g/mol. The van der Waals surface area contributed by atoms with Crippen molar-refractivity contribution < 1.29 is 0 Å². The molecule has 130 valence electrons. The summed E-state index contributed by atoms with van der Waals surface area (Å²) in [5, 5.41) is 21.5. The molecule has 25 heavy (non-hydrogen) atoms. The van der Waals surface area contributed by atoms with Gasteiger partial charge in [-0.3, -0.25) is 4.68 Å². The van der Waals surface area contributed by atoms with Crippen LogP contribution >= 0.6 is 0 Å². The van der Waals surface area contributed by atoms with Gasteiger partial charge >= 0.3 is 0 Å². The minimum absolute atomic E-state index is 0.444. The fraction of sp³-hybridized carbons (Fsp3) is 0.588. The van der Waals surface area contributed by atoms with E-state index in [4.69, 9.17) is 5.10 Å². The summed E-state index contributed by atoms with van der Waals surface area (Å²) in [6.07, 6.45) is 8.38. The summed E-state index contributed by atoms with van der Waals surface area (Å²) >= 11 is 0. The topological polar surface area (TPSA) is 77.0 Å². The minimum atomic E-state index is 0.444. The van der Waals surface area contributed by atoms with Crippen LogP contribution in [-0.2, 0) is 6.54 Å². The lowest BCUT2D eigenvalue weighted by molar-refractivity contribution is 0.198. The number of aromatic nitrogens is 7. The van der Waals surface area contributed by atoms with E-state index in [1.807, 2.05) is 15.4 Å². The molecule has 2 fully saturated rings. The zero-order chi connectivity index (χ0) is 16.6. The van der Waals surface area contributed by atoms with Gasteiger partial charge in [-0.2, -0.15) is 9.61 Å². The van der Waals surface area contributed by atoms with E-state index in [2.05, 4.69) is 37.5 Å². The zero-order valence-corrected chi connectivity index (χ0v) is 14.2. The SMILES string of the molecule is c1cn(CCN2CCC(c3nnc4ccc(C5CC5)nn34)CC2)nn1. The molecule has 0 amide bonds. The molecule has 1 aliphatic carbocycles. The first kappa shape index (κ1) is 14.9. The maximum Gasteiger partial charge on any atom is 0.177 e. The van der Waals surface area contributed by atoms with E-state index in [1.54, 1.807) is 6.20 Å². The minimum Gasteiger partial charge on any atom is -0.301 e. The lowest BCUT2D eigenvalue weighted by Gasteiger charge is -2.30. The second-order valence-corrected chi connectivity index (χ2v) is 7.14. The number of likely N-dealkylation sites (tertiary alicyclic amines) is 1. The Hall–Kier alpha value is -2.35. The van der Waals surface area contributed by atoms with Gasteiger partial charge in [0.1, 0.15) is 0 Å². The van der Waals surface area contributed by atoms with Crippen molar-refractivity contribution in [3.8, 4) is 0 Å². The third-order valence-corrected chi connectivity index (χ3v) is 5.37. The monoisotopic (exact) mass is 338 g/mol. The highest BCUT2D eigenvalue weighted by molar-refractivity contribution is 5.38. The third kappa shape index (κ3) is 3.02. The molecule has 0 spiro atoms. The van der Waals surface area contributed by atoms with Crippen molar-refractivity contribution in [3.05, 3.63) is 36.0 Å². The van der Waals surface area contributed by atoms with Crippen LogP contribution in [0.1, 0.15) is 49.0 Å². The Morgan fingerprint density at radius 1 is 0.960 bits per heavy atom. The van der Waals surface area contributed by atoms with Crippen molar-refractivity contribution in [2.45, 2.75) is 44.1 Å². The van der Waals surface area contributed by atoms with Gasteiger partial charge in [0.2, 0.25) is 0 Å². The van der Waals surface area contributed by atoms with E-state index < -0.39 is 0 Å². The van der Waals surface area contributed by atoms with Crippen LogP contribution in [0.5, 0.6) is 0 Å². The van der Waals surface area contributed by atoms with Gasteiger partial charge in [-0.05, 0) is 50.9 Å². The second-order valence-electron chi connectivity index (χ2n) is 7.14. The van der Waals surface area contributed by atoms with E-state index in [-0.39, 0.29) is 0 Å². The Morgan fingerprint density at radius 2 is 1.84 bits per heavy atom. The molecule has 3 aromatic rings. The highest BCUT2D eigenvalue weighted by Crippen LogP contribution is 2.39. The van der Waals surface area contributed by atoms with E-state index in [9.17, 15) is 0 Å². The Labute approximate surface area is 145 Å². The van der Waals surface area contributed by atoms with Gasteiger partial charge in [0.25, 0.3) is 0 Å². The smallest absolute Gasteiger partial charge is 0.177 e. The molecule has 3 aromatic heterocycles. The molecular formula is C17H22N8. The van der Waals surface area contributed by atoms with Crippen molar-refractivity contribution in [1.29, 1.82) is 0 Å². The Bertz CT molecular complexity index is 843. The van der Waals surface area contributed by atoms with Crippen LogP contribution in [0.15, 0.2) is 24.5 Å². The van der Waals surface area contributed by atoms with Crippen LogP contribution < -0.4 is 0 Å². The third-order valence-electron chi connectivity index (χ3n) is 5.37.